The van der Waals surface area contributed by atoms with Crippen LogP contribution in [-0.2, 0) is 7.05 Å². The first-order valence-electron chi connectivity index (χ1n) is 7.61. The molecular formula is C15H28N4. The van der Waals surface area contributed by atoms with E-state index in [2.05, 4.69) is 30.8 Å². The minimum absolute atomic E-state index is 0.387. The second kappa shape index (κ2) is 5.85. The highest BCUT2D eigenvalue weighted by molar-refractivity contribution is 5.67. The van der Waals surface area contributed by atoms with Gasteiger partial charge >= 0.3 is 0 Å². The van der Waals surface area contributed by atoms with Crippen LogP contribution in [0.5, 0.6) is 0 Å². The highest BCUT2D eigenvalue weighted by atomic mass is 15.4. The summed E-state index contributed by atoms with van der Waals surface area (Å²) < 4.78 is 1.96. The van der Waals surface area contributed by atoms with E-state index in [0.717, 1.165) is 36.2 Å². The van der Waals surface area contributed by atoms with E-state index < -0.39 is 0 Å². The summed E-state index contributed by atoms with van der Waals surface area (Å²) in [6, 6.07) is 0. The van der Waals surface area contributed by atoms with E-state index in [-0.39, 0.29) is 0 Å². The van der Waals surface area contributed by atoms with Crippen molar-refractivity contribution in [2.75, 3.05) is 23.7 Å². The highest BCUT2D eigenvalue weighted by Crippen LogP contribution is 2.33. The number of hydrogen-bond donors (Lipinski definition) is 1. The van der Waals surface area contributed by atoms with E-state index >= 15 is 0 Å². The molecule has 0 atom stereocenters. The van der Waals surface area contributed by atoms with Gasteiger partial charge < -0.3 is 10.6 Å². The largest absolute Gasteiger partial charge is 0.394 e. The van der Waals surface area contributed by atoms with Gasteiger partial charge in [-0.05, 0) is 24.7 Å². The minimum Gasteiger partial charge on any atom is -0.394 e. The molecule has 0 amide bonds. The molecule has 0 aliphatic carbocycles. The van der Waals surface area contributed by atoms with Crippen LogP contribution in [0.1, 0.15) is 58.1 Å². The van der Waals surface area contributed by atoms with Gasteiger partial charge in [0.05, 0.1) is 11.4 Å². The van der Waals surface area contributed by atoms with Crippen molar-refractivity contribution in [3.63, 3.8) is 0 Å². The van der Waals surface area contributed by atoms with E-state index in [1.165, 1.54) is 25.7 Å². The Hall–Kier alpha value is -1.19. The average molecular weight is 264 g/mol. The van der Waals surface area contributed by atoms with Crippen LogP contribution in [0.4, 0.5) is 11.5 Å². The van der Waals surface area contributed by atoms with Gasteiger partial charge in [0.25, 0.3) is 0 Å². The van der Waals surface area contributed by atoms with Crippen LogP contribution in [0, 0.1) is 5.92 Å². The van der Waals surface area contributed by atoms with Crippen LogP contribution in [0.3, 0.4) is 0 Å². The summed E-state index contributed by atoms with van der Waals surface area (Å²) in [5.41, 5.74) is 8.22. The molecular weight excluding hydrogens is 236 g/mol. The number of aryl methyl sites for hydroxylation is 1. The Morgan fingerprint density at radius 2 is 1.95 bits per heavy atom. The molecule has 0 bridgehead atoms. The number of hydrogen-bond acceptors (Lipinski definition) is 3. The van der Waals surface area contributed by atoms with Crippen molar-refractivity contribution in [2.24, 2.45) is 13.0 Å². The lowest BCUT2D eigenvalue weighted by Crippen LogP contribution is -2.35. The van der Waals surface area contributed by atoms with E-state index in [4.69, 9.17) is 5.73 Å². The number of nitrogen functional groups attached to an aromatic ring is 1. The average Bonchev–Trinajstić information content (AvgIpc) is 2.67. The zero-order valence-electron chi connectivity index (χ0n) is 12.8. The van der Waals surface area contributed by atoms with E-state index in [1.807, 2.05) is 11.7 Å². The van der Waals surface area contributed by atoms with Crippen molar-refractivity contribution >= 4 is 11.5 Å². The molecule has 19 heavy (non-hydrogen) atoms. The zero-order chi connectivity index (χ0) is 14.0. The minimum atomic E-state index is 0.387. The molecule has 1 aliphatic heterocycles. The molecule has 4 nitrogen and oxygen atoms in total. The first-order valence-corrected chi connectivity index (χ1v) is 7.61. The van der Waals surface area contributed by atoms with Crippen molar-refractivity contribution in [1.29, 1.82) is 0 Å². The van der Waals surface area contributed by atoms with Crippen LogP contribution in [-0.4, -0.2) is 22.9 Å². The fourth-order valence-electron chi connectivity index (χ4n) is 3.19. The standard InChI is InChI=1S/C15H28N4/c1-5-6-12-7-9-19(10-8-12)15-13(16)14(11(2)3)17-18(15)4/h11-12H,5-10,16H2,1-4H3. The van der Waals surface area contributed by atoms with Gasteiger partial charge in [-0.1, -0.05) is 33.6 Å². The molecule has 1 aromatic heterocycles. The number of aromatic nitrogens is 2. The SMILES string of the molecule is CCCC1CCN(c2c(N)c(C(C)C)nn2C)CC1. The summed E-state index contributed by atoms with van der Waals surface area (Å²) in [6.45, 7) is 8.81. The summed E-state index contributed by atoms with van der Waals surface area (Å²) in [5, 5.41) is 4.59. The summed E-state index contributed by atoms with van der Waals surface area (Å²) in [4.78, 5) is 2.42. The zero-order valence-corrected chi connectivity index (χ0v) is 12.8. The molecule has 4 heteroatoms. The molecule has 2 heterocycles. The Kier molecular flexibility index (Phi) is 4.38. The highest BCUT2D eigenvalue weighted by Gasteiger charge is 2.25. The van der Waals surface area contributed by atoms with Gasteiger partial charge in [-0.3, -0.25) is 4.68 Å². The Bertz CT molecular complexity index is 414. The third kappa shape index (κ3) is 2.88. The summed E-state index contributed by atoms with van der Waals surface area (Å²) >= 11 is 0. The summed E-state index contributed by atoms with van der Waals surface area (Å²) in [6.07, 6.45) is 5.24. The smallest absolute Gasteiger partial charge is 0.150 e. The maximum absolute atomic E-state index is 6.30. The fourth-order valence-corrected chi connectivity index (χ4v) is 3.19. The molecule has 1 aliphatic rings. The van der Waals surface area contributed by atoms with Crippen molar-refractivity contribution < 1.29 is 0 Å². The fraction of sp³-hybridized carbons (Fsp3) is 0.800. The molecule has 2 rings (SSSR count). The van der Waals surface area contributed by atoms with Gasteiger partial charge in [0.1, 0.15) is 5.82 Å². The van der Waals surface area contributed by atoms with E-state index in [1.54, 1.807) is 0 Å². The molecule has 0 radical (unpaired) electrons. The monoisotopic (exact) mass is 264 g/mol. The Balaban J connectivity index is 2.11. The lowest BCUT2D eigenvalue weighted by molar-refractivity contribution is 0.375. The first kappa shape index (κ1) is 14.2. The lowest BCUT2D eigenvalue weighted by Gasteiger charge is -2.33. The molecule has 1 aromatic rings. The van der Waals surface area contributed by atoms with Crippen molar-refractivity contribution in [3.05, 3.63) is 5.69 Å². The Morgan fingerprint density at radius 1 is 1.32 bits per heavy atom. The van der Waals surface area contributed by atoms with Crippen molar-refractivity contribution in [3.8, 4) is 0 Å². The van der Waals surface area contributed by atoms with Crippen LogP contribution in [0.15, 0.2) is 0 Å². The van der Waals surface area contributed by atoms with Crippen LogP contribution < -0.4 is 10.6 Å². The molecule has 0 aromatic carbocycles. The van der Waals surface area contributed by atoms with E-state index in [9.17, 15) is 0 Å². The summed E-state index contributed by atoms with van der Waals surface area (Å²) in [7, 11) is 2.01. The molecule has 1 saturated heterocycles. The number of nitrogens with two attached hydrogens (primary N) is 1. The Morgan fingerprint density at radius 3 is 2.42 bits per heavy atom. The Labute approximate surface area is 117 Å². The van der Waals surface area contributed by atoms with Gasteiger partial charge in [-0.2, -0.15) is 5.10 Å². The molecule has 0 saturated carbocycles. The van der Waals surface area contributed by atoms with Gasteiger partial charge in [-0.15, -0.1) is 0 Å². The molecule has 0 unspecified atom stereocenters. The number of nitrogens with zero attached hydrogens (tertiary/aromatic N) is 3. The van der Waals surface area contributed by atoms with Crippen molar-refractivity contribution in [2.45, 2.75) is 52.4 Å². The molecule has 108 valence electrons. The molecule has 2 N–H and O–H groups in total. The lowest BCUT2D eigenvalue weighted by atomic mass is 9.92. The second-order valence-corrected chi connectivity index (χ2v) is 6.12. The quantitative estimate of drug-likeness (QED) is 0.908. The van der Waals surface area contributed by atoms with Crippen LogP contribution in [0.2, 0.25) is 0 Å². The first-order chi connectivity index (χ1) is 9.04. The van der Waals surface area contributed by atoms with Gasteiger partial charge in [0.2, 0.25) is 0 Å². The number of rotatable bonds is 4. The molecule has 1 fully saturated rings. The van der Waals surface area contributed by atoms with Gasteiger partial charge in [-0.25, -0.2) is 0 Å². The van der Waals surface area contributed by atoms with Gasteiger partial charge in [0, 0.05) is 20.1 Å². The summed E-state index contributed by atoms with van der Waals surface area (Å²) in [5.74, 6) is 2.41. The van der Waals surface area contributed by atoms with Crippen LogP contribution in [0.25, 0.3) is 0 Å². The third-order valence-corrected chi connectivity index (χ3v) is 4.24. The van der Waals surface area contributed by atoms with Crippen molar-refractivity contribution in [1.82, 2.24) is 9.78 Å². The topological polar surface area (TPSA) is 47.1 Å². The predicted molar refractivity (Wildman–Crippen MR) is 81.6 cm³/mol. The normalized spacial score (nSPS) is 17.4. The predicted octanol–water partition coefficient (Wildman–Crippen LogP) is 3.14. The maximum atomic E-state index is 6.30. The third-order valence-electron chi connectivity index (χ3n) is 4.24. The number of anilines is 2. The maximum Gasteiger partial charge on any atom is 0.150 e. The van der Waals surface area contributed by atoms with Gasteiger partial charge in [0.15, 0.2) is 0 Å². The van der Waals surface area contributed by atoms with E-state index in [0.29, 0.717) is 5.92 Å². The second-order valence-electron chi connectivity index (χ2n) is 6.12. The van der Waals surface area contributed by atoms with Crippen LogP contribution >= 0.6 is 0 Å². The number of piperidine rings is 1. The molecule has 0 spiro atoms.